The van der Waals surface area contributed by atoms with Crippen LogP contribution in [0.2, 0.25) is 0 Å². The highest BCUT2D eigenvalue weighted by atomic mass is 79.9. The second kappa shape index (κ2) is 7.79. The normalized spacial score (nSPS) is 16.7. The van der Waals surface area contributed by atoms with Crippen molar-refractivity contribution in [3.05, 3.63) is 28.2 Å². The topological polar surface area (TPSA) is 41.1 Å². The van der Waals surface area contributed by atoms with Gasteiger partial charge in [-0.25, -0.2) is 0 Å². The summed E-state index contributed by atoms with van der Waals surface area (Å²) >= 11 is 3.48. The van der Waals surface area contributed by atoms with E-state index in [0.29, 0.717) is 12.6 Å². The largest absolute Gasteiger partial charge is 0.324 e. The first-order valence-corrected chi connectivity index (χ1v) is 8.24. The van der Waals surface area contributed by atoms with E-state index in [1.807, 2.05) is 25.1 Å². The first kappa shape index (κ1) is 15.5. The van der Waals surface area contributed by atoms with Crippen LogP contribution in [0.4, 0.5) is 5.69 Å². The molecule has 0 aromatic heterocycles. The van der Waals surface area contributed by atoms with Gasteiger partial charge in [0.1, 0.15) is 0 Å². The van der Waals surface area contributed by atoms with Gasteiger partial charge in [0.25, 0.3) is 0 Å². The Hall–Kier alpha value is -0.870. The first-order valence-electron chi connectivity index (χ1n) is 7.44. The molecule has 0 atom stereocenters. The van der Waals surface area contributed by atoms with Gasteiger partial charge < -0.3 is 10.6 Å². The van der Waals surface area contributed by atoms with Gasteiger partial charge in [-0.1, -0.05) is 31.7 Å². The fourth-order valence-electron chi connectivity index (χ4n) is 2.64. The summed E-state index contributed by atoms with van der Waals surface area (Å²) in [7, 11) is 0. The van der Waals surface area contributed by atoms with Gasteiger partial charge in [0.2, 0.25) is 5.91 Å². The molecule has 1 fully saturated rings. The Morgan fingerprint density at radius 3 is 2.60 bits per heavy atom. The highest BCUT2D eigenvalue weighted by Gasteiger charge is 2.13. The summed E-state index contributed by atoms with van der Waals surface area (Å²) in [6.45, 7) is 2.43. The third-order valence-corrected chi connectivity index (χ3v) is 4.46. The molecular weight excluding hydrogens is 316 g/mol. The molecule has 4 heteroatoms. The van der Waals surface area contributed by atoms with Crippen LogP contribution in [0.15, 0.2) is 22.7 Å². The second-order valence-corrected chi connectivity index (χ2v) is 6.46. The van der Waals surface area contributed by atoms with Gasteiger partial charge in [0.15, 0.2) is 0 Å². The standard InChI is InChI=1S/C16H23BrN2O/c1-12-8-9-15(14(17)10-12)19-16(20)11-18-13-6-4-2-3-5-7-13/h8-10,13,18H,2-7,11H2,1H3,(H,19,20). The Morgan fingerprint density at radius 1 is 1.25 bits per heavy atom. The van der Waals surface area contributed by atoms with Gasteiger partial charge in [-0.15, -0.1) is 0 Å². The number of amides is 1. The lowest BCUT2D eigenvalue weighted by Crippen LogP contribution is -2.35. The summed E-state index contributed by atoms with van der Waals surface area (Å²) in [5, 5.41) is 6.33. The van der Waals surface area contributed by atoms with E-state index in [1.165, 1.54) is 44.1 Å². The summed E-state index contributed by atoms with van der Waals surface area (Å²) in [5.74, 6) is 0.0267. The van der Waals surface area contributed by atoms with Crippen LogP contribution in [0.5, 0.6) is 0 Å². The monoisotopic (exact) mass is 338 g/mol. The number of hydrogen-bond acceptors (Lipinski definition) is 2. The Balaban J connectivity index is 1.79. The molecule has 1 amide bonds. The van der Waals surface area contributed by atoms with Crippen molar-refractivity contribution in [2.75, 3.05) is 11.9 Å². The van der Waals surface area contributed by atoms with Gasteiger partial charge in [-0.3, -0.25) is 4.79 Å². The molecule has 0 bridgehead atoms. The summed E-state index contributed by atoms with van der Waals surface area (Å²) in [5.41, 5.74) is 2.01. The molecule has 1 aliphatic rings. The average molecular weight is 339 g/mol. The van der Waals surface area contributed by atoms with E-state index in [9.17, 15) is 4.79 Å². The summed E-state index contributed by atoms with van der Waals surface area (Å²) in [6.07, 6.45) is 7.62. The third kappa shape index (κ3) is 4.91. The molecule has 1 aromatic rings. The molecule has 1 aliphatic carbocycles. The molecule has 0 saturated heterocycles. The maximum atomic E-state index is 12.0. The molecule has 1 aromatic carbocycles. The lowest BCUT2D eigenvalue weighted by Gasteiger charge is -2.16. The predicted molar refractivity (Wildman–Crippen MR) is 87.0 cm³/mol. The van der Waals surface area contributed by atoms with Crippen LogP contribution >= 0.6 is 15.9 Å². The molecule has 0 unspecified atom stereocenters. The average Bonchev–Trinajstić information content (AvgIpc) is 2.68. The van der Waals surface area contributed by atoms with E-state index in [2.05, 4.69) is 26.6 Å². The van der Waals surface area contributed by atoms with Crippen molar-refractivity contribution in [2.24, 2.45) is 0 Å². The van der Waals surface area contributed by atoms with Crippen LogP contribution in [0.1, 0.15) is 44.1 Å². The smallest absolute Gasteiger partial charge is 0.238 e. The highest BCUT2D eigenvalue weighted by Crippen LogP contribution is 2.23. The molecular formula is C16H23BrN2O. The van der Waals surface area contributed by atoms with Gasteiger partial charge in [-0.2, -0.15) is 0 Å². The zero-order valence-electron chi connectivity index (χ0n) is 12.0. The highest BCUT2D eigenvalue weighted by molar-refractivity contribution is 9.10. The maximum absolute atomic E-state index is 12.0. The van der Waals surface area contributed by atoms with Gasteiger partial charge in [-0.05, 0) is 53.4 Å². The molecule has 0 heterocycles. The second-order valence-electron chi connectivity index (χ2n) is 5.60. The summed E-state index contributed by atoms with van der Waals surface area (Å²) in [6, 6.07) is 6.45. The van der Waals surface area contributed by atoms with Crippen LogP contribution in [-0.4, -0.2) is 18.5 Å². The van der Waals surface area contributed by atoms with E-state index >= 15 is 0 Å². The van der Waals surface area contributed by atoms with E-state index in [0.717, 1.165) is 10.2 Å². The minimum Gasteiger partial charge on any atom is -0.324 e. The molecule has 2 rings (SSSR count). The van der Waals surface area contributed by atoms with Crippen molar-refractivity contribution in [1.29, 1.82) is 0 Å². The number of carbonyl (C=O) groups is 1. The van der Waals surface area contributed by atoms with Gasteiger partial charge in [0, 0.05) is 10.5 Å². The van der Waals surface area contributed by atoms with Crippen molar-refractivity contribution in [2.45, 2.75) is 51.5 Å². The number of anilines is 1. The van der Waals surface area contributed by atoms with Crippen LogP contribution in [0.3, 0.4) is 0 Å². The summed E-state index contributed by atoms with van der Waals surface area (Å²) < 4.78 is 0.931. The fourth-order valence-corrected chi connectivity index (χ4v) is 3.23. The van der Waals surface area contributed by atoms with Crippen LogP contribution in [0, 0.1) is 6.92 Å². The third-order valence-electron chi connectivity index (χ3n) is 3.81. The Labute approximate surface area is 129 Å². The number of halogens is 1. The first-order chi connectivity index (χ1) is 9.65. The van der Waals surface area contributed by atoms with Crippen molar-refractivity contribution >= 4 is 27.5 Å². The number of carbonyl (C=O) groups excluding carboxylic acids is 1. The van der Waals surface area contributed by atoms with E-state index in [1.54, 1.807) is 0 Å². The number of hydrogen-bond donors (Lipinski definition) is 2. The van der Waals surface area contributed by atoms with Crippen LogP contribution in [0.25, 0.3) is 0 Å². The van der Waals surface area contributed by atoms with E-state index in [4.69, 9.17) is 0 Å². The zero-order chi connectivity index (χ0) is 14.4. The Morgan fingerprint density at radius 2 is 1.95 bits per heavy atom. The molecule has 3 nitrogen and oxygen atoms in total. The summed E-state index contributed by atoms with van der Waals surface area (Å²) in [4.78, 5) is 12.0. The molecule has 0 radical (unpaired) electrons. The zero-order valence-corrected chi connectivity index (χ0v) is 13.6. The van der Waals surface area contributed by atoms with Crippen molar-refractivity contribution in [1.82, 2.24) is 5.32 Å². The molecule has 2 N–H and O–H groups in total. The van der Waals surface area contributed by atoms with E-state index < -0.39 is 0 Å². The van der Waals surface area contributed by atoms with Crippen molar-refractivity contribution < 1.29 is 4.79 Å². The molecule has 0 spiro atoms. The lowest BCUT2D eigenvalue weighted by molar-refractivity contribution is -0.115. The molecule has 0 aliphatic heterocycles. The maximum Gasteiger partial charge on any atom is 0.238 e. The predicted octanol–water partition coefficient (Wildman–Crippen LogP) is 4.01. The fraction of sp³-hybridized carbons (Fsp3) is 0.562. The minimum atomic E-state index is 0.0267. The number of benzene rings is 1. The van der Waals surface area contributed by atoms with E-state index in [-0.39, 0.29) is 5.91 Å². The molecule has 1 saturated carbocycles. The quantitative estimate of drug-likeness (QED) is 0.814. The van der Waals surface area contributed by atoms with Crippen molar-refractivity contribution in [3.8, 4) is 0 Å². The van der Waals surface area contributed by atoms with Gasteiger partial charge >= 0.3 is 0 Å². The SMILES string of the molecule is Cc1ccc(NC(=O)CNC2CCCCCC2)c(Br)c1. The van der Waals surface area contributed by atoms with Gasteiger partial charge in [0.05, 0.1) is 12.2 Å². The number of rotatable bonds is 4. The Kier molecular flexibility index (Phi) is 6.05. The molecule has 20 heavy (non-hydrogen) atoms. The number of nitrogens with one attached hydrogen (secondary N) is 2. The van der Waals surface area contributed by atoms with Crippen LogP contribution in [-0.2, 0) is 4.79 Å². The van der Waals surface area contributed by atoms with Crippen LogP contribution < -0.4 is 10.6 Å². The molecule has 110 valence electrons. The number of aryl methyl sites for hydroxylation is 1. The van der Waals surface area contributed by atoms with Crippen molar-refractivity contribution in [3.63, 3.8) is 0 Å². The Bertz CT molecular complexity index is 454. The minimum absolute atomic E-state index is 0.0267. The lowest BCUT2D eigenvalue weighted by atomic mass is 10.1.